The van der Waals surface area contributed by atoms with Crippen molar-refractivity contribution in [1.82, 2.24) is 19.6 Å². The first-order valence-electron chi connectivity index (χ1n) is 13.1. The fourth-order valence-corrected chi connectivity index (χ4v) is 5.92. The molecule has 3 aliphatic rings. The van der Waals surface area contributed by atoms with Crippen molar-refractivity contribution < 1.29 is 4.74 Å². The molecule has 0 saturated carbocycles. The monoisotopic (exact) mass is 436 g/mol. The second-order valence-corrected chi connectivity index (χ2v) is 12.1. The number of likely N-dealkylation sites (N-methyl/N-ethyl adjacent to an activating group) is 1. The lowest BCUT2D eigenvalue weighted by Crippen LogP contribution is -2.56. The number of nitrogens with zero attached hydrogens (tertiary/aromatic N) is 4. The summed E-state index contributed by atoms with van der Waals surface area (Å²) in [5.74, 6) is 0. The molecule has 0 spiro atoms. The summed E-state index contributed by atoms with van der Waals surface area (Å²) in [5, 5.41) is 0. The molecule has 0 amide bonds. The van der Waals surface area contributed by atoms with Gasteiger partial charge in [-0.15, -0.1) is 0 Å². The minimum Gasteiger partial charge on any atom is -0.379 e. The summed E-state index contributed by atoms with van der Waals surface area (Å²) in [4.78, 5) is 10.8. The maximum absolute atomic E-state index is 5.62. The lowest BCUT2D eigenvalue weighted by Gasteiger charge is -2.49. The molecule has 0 bridgehead atoms. The molecule has 3 saturated heterocycles. The topological polar surface area (TPSA) is 22.2 Å². The minimum atomic E-state index is 0.258. The Morgan fingerprint density at radius 1 is 0.548 bits per heavy atom. The second-order valence-electron chi connectivity index (χ2n) is 12.1. The quantitative estimate of drug-likeness (QED) is 0.545. The lowest BCUT2D eigenvalue weighted by atomic mass is 9.79. The summed E-state index contributed by atoms with van der Waals surface area (Å²) >= 11 is 0. The zero-order valence-electron chi connectivity index (χ0n) is 21.7. The summed E-state index contributed by atoms with van der Waals surface area (Å²) < 4.78 is 5.62. The van der Waals surface area contributed by atoms with Gasteiger partial charge in [-0.3, -0.25) is 14.7 Å². The Balaban J connectivity index is 1.63. The molecule has 1 atom stereocenters. The first-order chi connectivity index (χ1) is 14.6. The molecule has 31 heavy (non-hydrogen) atoms. The Morgan fingerprint density at radius 3 is 1.55 bits per heavy atom. The number of likely N-dealkylation sites (tertiary alicyclic amines) is 1. The molecule has 3 aliphatic heterocycles. The van der Waals surface area contributed by atoms with Crippen LogP contribution in [0.5, 0.6) is 0 Å². The summed E-state index contributed by atoms with van der Waals surface area (Å²) in [6.07, 6.45) is 9.35. The van der Waals surface area contributed by atoms with E-state index in [0.29, 0.717) is 5.54 Å². The Kier molecular flexibility index (Phi) is 8.87. The van der Waals surface area contributed by atoms with Crippen molar-refractivity contribution in [2.24, 2.45) is 0 Å². The van der Waals surface area contributed by atoms with Crippen LogP contribution in [0, 0.1) is 0 Å². The number of hydrogen-bond acceptors (Lipinski definition) is 5. The number of rotatable bonds is 9. The van der Waals surface area contributed by atoms with Gasteiger partial charge in [0.25, 0.3) is 0 Å². The molecule has 3 rings (SSSR count). The molecule has 0 aromatic heterocycles. The van der Waals surface area contributed by atoms with Crippen LogP contribution in [0.1, 0.15) is 79.6 Å². The zero-order valence-corrected chi connectivity index (χ0v) is 21.7. The number of piperidine rings is 1. The van der Waals surface area contributed by atoms with E-state index in [2.05, 4.69) is 61.3 Å². The van der Waals surface area contributed by atoms with Gasteiger partial charge in [-0.05, 0) is 93.3 Å². The molecule has 182 valence electrons. The Hall–Kier alpha value is -0.200. The number of hydrogen-bond donors (Lipinski definition) is 0. The van der Waals surface area contributed by atoms with Crippen LogP contribution in [-0.2, 0) is 4.74 Å². The van der Waals surface area contributed by atoms with Crippen molar-refractivity contribution in [1.29, 1.82) is 0 Å². The smallest absolute Gasteiger partial charge is 0.0594 e. The molecular formula is C26H52N4O. The molecule has 3 heterocycles. The van der Waals surface area contributed by atoms with E-state index in [1.807, 2.05) is 0 Å². The van der Waals surface area contributed by atoms with Crippen LogP contribution in [0.3, 0.4) is 0 Å². The maximum Gasteiger partial charge on any atom is 0.0594 e. The normalized spacial score (nSPS) is 26.1. The van der Waals surface area contributed by atoms with Gasteiger partial charge in [-0.25, -0.2) is 0 Å². The van der Waals surface area contributed by atoms with Crippen LogP contribution in [0.15, 0.2) is 0 Å². The van der Waals surface area contributed by atoms with Crippen LogP contribution in [-0.4, -0.2) is 109 Å². The predicted octanol–water partition coefficient (Wildman–Crippen LogP) is 3.93. The zero-order chi connectivity index (χ0) is 22.5. The summed E-state index contributed by atoms with van der Waals surface area (Å²) in [6, 6.07) is 0. The second kappa shape index (κ2) is 10.8. The molecule has 0 N–H and O–H groups in total. The van der Waals surface area contributed by atoms with E-state index in [1.54, 1.807) is 0 Å². The molecule has 5 heteroatoms. The van der Waals surface area contributed by atoms with E-state index in [1.165, 1.54) is 84.2 Å². The van der Waals surface area contributed by atoms with Gasteiger partial charge in [-0.2, -0.15) is 0 Å². The largest absolute Gasteiger partial charge is 0.379 e. The third-order valence-corrected chi connectivity index (χ3v) is 8.90. The Bertz CT molecular complexity index is 532. The van der Waals surface area contributed by atoms with Crippen molar-refractivity contribution in [3.8, 4) is 0 Å². The summed E-state index contributed by atoms with van der Waals surface area (Å²) in [5.41, 5.74) is 0.861. The number of morpholine rings is 1. The average Bonchev–Trinajstić information content (AvgIpc) is 2.78. The highest BCUT2D eigenvalue weighted by Gasteiger charge is 2.39. The van der Waals surface area contributed by atoms with Crippen molar-refractivity contribution in [3.05, 3.63) is 0 Å². The highest BCUT2D eigenvalue weighted by atomic mass is 16.5. The van der Waals surface area contributed by atoms with Crippen molar-refractivity contribution in [2.45, 2.75) is 96.2 Å². The van der Waals surface area contributed by atoms with Crippen LogP contribution in [0.2, 0.25) is 0 Å². The maximum atomic E-state index is 5.62. The highest BCUT2D eigenvalue weighted by Crippen LogP contribution is 2.36. The third kappa shape index (κ3) is 6.89. The average molecular weight is 437 g/mol. The van der Waals surface area contributed by atoms with Gasteiger partial charge in [0.2, 0.25) is 0 Å². The molecule has 1 unspecified atom stereocenters. The minimum absolute atomic E-state index is 0.258. The SMILES string of the molecule is CN1CCN(C(C)(C)CCC(C)(CCC(C)(C)N2CCOCC2)N2CCCCC2)CC1. The van der Waals surface area contributed by atoms with Gasteiger partial charge in [-0.1, -0.05) is 6.42 Å². The van der Waals surface area contributed by atoms with Crippen molar-refractivity contribution in [3.63, 3.8) is 0 Å². The molecule has 3 fully saturated rings. The third-order valence-electron chi connectivity index (χ3n) is 8.90. The first-order valence-corrected chi connectivity index (χ1v) is 13.1. The molecule has 0 radical (unpaired) electrons. The molecule has 0 aliphatic carbocycles. The van der Waals surface area contributed by atoms with E-state index in [0.717, 1.165) is 26.3 Å². The molecular weight excluding hydrogens is 384 g/mol. The molecule has 0 aromatic carbocycles. The van der Waals surface area contributed by atoms with Crippen LogP contribution in [0.25, 0.3) is 0 Å². The van der Waals surface area contributed by atoms with E-state index < -0.39 is 0 Å². The van der Waals surface area contributed by atoms with Crippen molar-refractivity contribution in [2.75, 3.05) is 72.6 Å². The Morgan fingerprint density at radius 2 is 1.03 bits per heavy atom. The molecule has 5 nitrogen and oxygen atoms in total. The highest BCUT2D eigenvalue weighted by molar-refractivity contribution is 4.95. The van der Waals surface area contributed by atoms with Crippen LogP contribution in [0.4, 0.5) is 0 Å². The lowest BCUT2D eigenvalue weighted by molar-refractivity contribution is -0.0244. The van der Waals surface area contributed by atoms with E-state index in [-0.39, 0.29) is 11.1 Å². The first kappa shape index (κ1) is 25.4. The fraction of sp³-hybridized carbons (Fsp3) is 1.00. The van der Waals surface area contributed by atoms with Crippen LogP contribution >= 0.6 is 0 Å². The van der Waals surface area contributed by atoms with Crippen molar-refractivity contribution >= 4 is 0 Å². The van der Waals surface area contributed by atoms with E-state index in [9.17, 15) is 0 Å². The molecule has 0 aromatic rings. The summed E-state index contributed by atoms with van der Waals surface area (Å²) in [7, 11) is 2.26. The van der Waals surface area contributed by atoms with Crippen LogP contribution < -0.4 is 0 Å². The standard InChI is InChI=1S/C26H52N4O/c1-24(2,28-18-16-27(6)17-19-28)10-12-26(5,30-14-8-7-9-15-30)13-11-25(3,4)29-20-22-31-23-21-29/h7-23H2,1-6H3. The predicted molar refractivity (Wildman–Crippen MR) is 132 cm³/mol. The van der Waals surface area contributed by atoms with E-state index >= 15 is 0 Å². The van der Waals surface area contributed by atoms with Gasteiger partial charge >= 0.3 is 0 Å². The Labute approximate surface area is 193 Å². The van der Waals surface area contributed by atoms with E-state index in [4.69, 9.17) is 4.74 Å². The number of piperazine rings is 1. The summed E-state index contributed by atoms with van der Waals surface area (Å²) in [6.45, 7) is 23.9. The van der Waals surface area contributed by atoms with Gasteiger partial charge in [0.05, 0.1) is 13.2 Å². The van der Waals surface area contributed by atoms with Gasteiger partial charge < -0.3 is 9.64 Å². The number of ether oxygens (including phenoxy) is 1. The van der Waals surface area contributed by atoms with Gasteiger partial charge in [0, 0.05) is 55.9 Å². The van der Waals surface area contributed by atoms with Gasteiger partial charge in [0.15, 0.2) is 0 Å². The van der Waals surface area contributed by atoms with Gasteiger partial charge in [0.1, 0.15) is 0 Å². The fourth-order valence-electron chi connectivity index (χ4n) is 5.92.